The summed E-state index contributed by atoms with van der Waals surface area (Å²) in [5.74, 6) is -0.554. The van der Waals surface area contributed by atoms with Gasteiger partial charge in [0.25, 0.3) is 11.5 Å². The Morgan fingerprint density at radius 1 is 1.19 bits per heavy atom. The maximum Gasteiger partial charge on any atom is 0.586 e. The van der Waals surface area contributed by atoms with Gasteiger partial charge in [0.1, 0.15) is 5.56 Å². The first-order valence-electron chi connectivity index (χ1n) is 8.72. The highest BCUT2D eigenvalue weighted by atomic mass is 19.3. The Bertz CT molecular complexity index is 971. The molecule has 0 spiro atoms. The van der Waals surface area contributed by atoms with Crippen LogP contribution in [0.5, 0.6) is 11.5 Å². The number of ether oxygens (including phenoxy) is 2. The molecule has 1 N–H and O–H groups in total. The van der Waals surface area contributed by atoms with Crippen molar-refractivity contribution in [2.45, 2.75) is 38.5 Å². The largest absolute Gasteiger partial charge is 0.586 e. The van der Waals surface area contributed by atoms with E-state index in [9.17, 15) is 18.4 Å². The summed E-state index contributed by atoms with van der Waals surface area (Å²) in [7, 11) is 1.56. The summed E-state index contributed by atoms with van der Waals surface area (Å²) in [6, 6.07) is 6.02. The number of hydrogen-bond acceptors (Lipinski definition) is 4. The number of carbonyl (C=O) groups excluding carboxylic acids is 1. The highest BCUT2D eigenvalue weighted by Crippen LogP contribution is 2.41. The third kappa shape index (κ3) is 3.39. The molecule has 1 amide bonds. The van der Waals surface area contributed by atoms with Crippen LogP contribution in [0.1, 0.15) is 40.0 Å². The van der Waals surface area contributed by atoms with Crippen LogP contribution < -0.4 is 15.0 Å². The molecule has 1 aliphatic carbocycles. The monoisotopic (exact) mass is 376 g/mol. The summed E-state index contributed by atoms with van der Waals surface area (Å²) in [4.78, 5) is 29.2. The van der Waals surface area contributed by atoms with E-state index < -0.39 is 17.8 Å². The van der Waals surface area contributed by atoms with Gasteiger partial charge in [-0.15, -0.1) is 8.78 Å². The number of aryl methyl sites for hydroxylation is 2. The standard InChI is InChI=1S/C19H18F2N2O4/c1-23(10-11-6-7-15-16(8-11)27-19(20,21)26-15)18(25)13-9-12-4-2-3-5-14(12)22-17(13)24/h6-9H,2-5,10H2,1H3,(H,22,24). The van der Waals surface area contributed by atoms with Crippen LogP contribution in [0.2, 0.25) is 0 Å². The van der Waals surface area contributed by atoms with E-state index in [0.717, 1.165) is 36.9 Å². The highest BCUT2D eigenvalue weighted by molar-refractivity contribution is 5.93. The summed E-state index contributed by atoms with van der Waals surface area (Å²) in [6.07, 6.45) is 0.0337. The molecule has 0 bridgehead atoms. The van der Waals surface area contributed by atoms with Crippen LogP contribution in [-0.4, -0.2) is 29.1 Å². The summed E-state index contributed by atoms with van der Waals surface area (Å²) < 4.78 is 35.0. The molecule has 8 heteroatoms. The predicted molar refractivity (Wildman–Crippen MR) is 92.1 cm³/mol. The number of H-pyrrole nitrogens is 1. The van der Waals surface area contributed by atoms with Gasteiger partial charge in [-0.05, 0) is 55.0 Å². The number of fused-ring (bicyclic) bond motifs is 2. The van der Waals surface area contributed by atoms with E-state index in [1.54, 1.807) is 19.2 Å². The Morgan fingerprint density at radius 3 is 2.74 bits per heavy atom. The van der Waals surface area contributed by atoms with Crippen LogP contribution in [-0.2, 0) is 19.4 Å². The van der Waals surface area contributed by atoms with Crippen molar-refractivity contribution in [3.63, 3.8) is 0 Å². The summed E-state index contributed by atoms with van der Waals surface area (Å²) in [5.41, 5.74) is 2.17. The Morgan fingerprint density at radius 2 is 1.93 bits per heavy atom. The van der Waals surface area contributed by atoms with Crippen molar-refractivity contribution in [1.29, 1.82) is 0 Å². The lowest BCUT2D eigenvalue weighted by Gasteiger charge is -2.20. The van der Waals surface area contributed by atoms with Gasteiger partial charge < -0.3 is 19.4 Å². The molecular formula is C19H18F2N2O4. The smallest absolute Gasteiger partial charge is 0.395 e. The molecule has 4 rings (SSSR count). The molecule has 0 fully saturated rings. The van der Waals surface area contributed by atoms with Crippen molar-refractivity contribution in [3.8, 4) is 11.5 Å². The van der Waals surface area contributed by atoms with Crippen molar-refractivity contribution in [1.82, 2.24) is 9.88 Å². The van der Waals surface area contributed by atoms with Crippen molar-refractivity contribution in [3.05, 3.63) is 57.0 Å². The first kappa shape index (κ1) is 17.5. The second kappa shape index (κ2) is 6.37. The molecule has 0 saturated carbocycles. The quantitative estimate of drug-likeness (QED) is 0.894. The number of carbonyl (C=O) groups is 1. The van der Waals surface area contributed by atoms with E-state index in [0.29, 0.717) is 5.56 Å². The molecule has 1 aromatic carbocycles. The second-order valence-electron chi connectivity index (χ2n) is 6.83. The number of hydrogen-bond donors (Lipinski definition) is 1. The number of pyridine rings is 1. The number of aromatic amines is 1. The maximum absolute atomic E-state index is 13.1. The fourth-order valence-electron chi connectivity index (χ4n) is 3.48. The molecular weight excluding hydrogens is 358 g/mol. The number of rotatable bonds is 3. The average Bonchev–Trinajstić information content (AvgIpc) is 2.93. The number of halogens is 2. The van der Waals surface area contributed by atoms with Gasteiger partial charge in [0, 0.05) is 19.3 Å². The second-order valence-corrected chi connectivity index (χ2v) is 6.83. The Kier molecular flexibility index (Phi) is 4.13. The number of alkyl halides is 2. The van der Waals surface area contributed by atoms with Crippen molar-refractivity contribution < 1.29 is 23.0 Å². The fraction of sp³-hybridized carbons (Fsp3) is 0.368. The number of benzene rings is 1. The van der Waals surface area contributed by atoms with Crippen LogP contribution in [0, 0.1) is 0 Å². The van der Waals surface area contributed by atoms with Crippen LogP contribution in [0.3, 0.4) is 0 Å². The molecule has 1 aliphatic heterocycles. The Hall–Kier alpha value is -2.90. The molecule has 0 unspecified atom stereocenters. The zero-order valence-electron chi connectivity index (χ0n) is 14.7. The van der Waals surface area contributed by atoms with Gasteiger partial charge in [-0.1, -0.05) is 6.07 Å². The topological polar surface area (TPSA) is 71.6 Å². The van der Waals surface area contributed by atoms with Gasteiger partial charge in [0.15, 0.2) is 11.5 Å². The van der Waals surface area contributed by atoms with Crippen LogP contribution in [0.4, 0.5) is 8.78 Å². The lowest BCUT2D eigenvalue weighted by molar-refractivity contribution is -0.286. The van der Waals surface area contributed by atoms with E-state index in [1.165, 1.54) is 17.0 Å². The van der Waals surface area contributed by atoms with Crippen LogP contribution in [0.15, 0.2) is 29.1 Å². The normalized spacial score (nSPS) is 16.7. The maximum atomic E-state index is 13.1. The summed E-state index contributed by atoms with van der Waals surface area (Å²) in [6.45, 7) is 0.136. The van der Waals surface area contributed by atoms with Gasteiger partial charge in [-0.25, -0.2) is 0 Å². The van der Waals surface area contributed by atoms with Gasteiger partial charge in [0.05, 0.1) is 0 Å². The van der Waals surface area contributed by atoms with Crippen LogP contribution >= 0.6 is 0 Å². The molecule has 2 heterocycles. The first-order valence-corrected chi connectivity index (χ1v) is 8.72. The molecule has 0 atom stereocenters. The summed E-state index contributed by atoms with van der Waals surface area (Å²) >= 11 is 0. The Labute approximate surface area is 153 Å². The molecule has 1 aromatic heterocycles. The first-order chi connectivity index (χ1) is 12.8. The fourth-order valence-corrected chi connectivity index (χ4v) is 3.48. The van der Waals surface area contributed by atoms with E-state index >= 15 is 0 Å². The van der Waals surface area contributed by atoms with Crippen molar-refractivity contribution >= 4 is 5.91 Å². The summed E-state index contributed by atoms with van der Waals surface area (Å²) in [5, 5.41) is 0. The van der Waals surface area contributed by atoms with E-state index in [4.69, 9.17) is 0 Å². The minimum atomic E-state index is -3.68. The Balaban J connectivity index is 1.53. The zero-order valence-corrected chi connectivity index (χ0v) is 14.7. The van der Waals surface area contributed by atoms with Gasteiger partial charge in [-0.2, -0.15) is 0 Å². The minimum absolute atomic E-state index is 0.0520. The molecule has 27 heavy (non-hydrogen) atoms. The highest BCUT2D eigenvalue weighted by Gasteiger charge is 2.43. The lowest BCUT2D eigenvalue weighted by atomic mass is 9.95. The number of nitrogens with one attached hydrogen (secondary N) is 1. The van der Waals surface area contributed by atoms with E-state index in [1.807, 2.05) is 0 Å². The van der Waals surface area contributed by atoms with E-state index in [2.05, 4.69) is 14.5 Å². The number of nitrogens with zero attached hydrogens (tertiary/aromatic N) is 1. The van der Waals surface area contributed by atoms with Crippen molar-refractivity contribution in [2.75, 3.05) is 7.05 Å². The molecule has 0 radical (unpaired) electrons. The third-order valence-electron chi connectivity index (χ3n) is 4.80. The number of aromatic nitrogens is 1. The van der Waals surface area contributed by atoms with Gasteiger partial charge >= 0.3 is 6.29 Å². The molecule has 2 aliphatic rings. The van der Waals surface area contributed by atoms with Crippen LogP contribution in [0.25, 0.3) is 0 Å². The molecule has 2 aromatic rings. The van der Waals surface area contributed by atoms with Gasteiger partial charge in [0.2, 0.25) is 0 Å². The average molecular weight is 376 g/mol. The van der Waals surface area contributed by atoms with Crippen molar-refractivity contribution in [2.24, 2.45) is 0 Å². The molecule has 6 nitrogen and oxygen atoms in total. The third-order valence-corrected chi connectivity index (χ3v) is 4.80. The van der Waals surface area contributed by atoms with Gasteiger partial charge in [-0.3, -0.25) is 9.59 Å². The lowest BCUT2D eigenvalue weighted by Crippen LogP contribution is -2.32. The molecule has 0 saturated heterocycles. The predicted octanol–water partition coefficient (Wildman–Crippen LogP) is 2.85. The SMILES string of the molecule is CN(Cc1ccc2c(c1)OC(F)(F)O2)C(=O)c1cc2c([nH]c1=O)CCCC2. The number of amides is 1. The zero-order chi connectivity index (χ0) is 19.2. The molecule has 142 valence electrons. The van der Waals surface area contributed by atoms with E-state index in [-0.39, 0.29) is 23.6 Å². The minimum Gasteiger partial charge on any atom is -0.395 e.